The molecule has 9 heteroatoms. The van der Waals surface area contributed by atoms with E-state index < -0.39 is 10.0 Å². The Labute approximate surface area is 124 Å². The van der Waals surface area contributed by atoms with Gasteiger partial charge in [-0.05, 0) is 20.9 Å². The summed E-state index contributed by atoms with van der Waals surface area (Å²) in [6.45, 7) is 5.01. The Hall–Kier alpha value is -1.71. The largest absolute Gasteiger partial charge is 0.318 e. The molecule has 0 bridgehead atoms. The van der Waals surface area contributed by atoms with Crippen molar-refractivity contribution in [2.24, 2.45) is 0 Å². The molecule has 8 nitrogen and oxygen atoms in total. The third-order valence-corrected chi connectivity index (χ3v) is 4.83. The van der Waals surface area contributed by atoms with Gasteiger partial charge in [0.15, 0.2) is 0 Å². The minimum atomic E-state index is -3.60. The molecule has 2 heterocycles. The summed E-state index contributed by atoms with van der Waals surface area (Å²) in [4.78, 5) is 0.252. The predicted octanol–water partition coefficient (Wildman–Crippen LogP) is -0.0791. The molecule has 21 heavy (non-hydrogen) atoms. The first-order valence-electron chi connectivity index (χ1n) is 6.61. The maximum atomic E-state index is 12.4. The Morgan fingerprint density at radius 3 is 2.76 bits per heavy atom. The number of hydrogen-bond acceptors (Lipinski definition) is 5. The van der Waals surface area contributed by atoms with Crippen LogP contribution in [0.1, 0.15) is 17.0 Å². The summed E-state index contributed by atoms with van der Waals surface area (Å²) < 4.78 is 29.2. The van der Waals surface area contributed by atoms with Gasteiger partial charge in [0.2, 0.25) is 10.0 Å². The molecule has 0 atom stereocenters. The third-order valence-electron chi connectivity index (χ3n) is 3.18. The number of aryl methyl sites for hydroxylation is 1. The van der Waals surface area contributed by atoms with Crippen molar-refractivity contribution in [3.8, 4) is 0 Å². The molecule has 0 saturated heterocycles. The SMILES string of the molecule is CNCCn1nc(C)c(S(=O)(=O)NCc2cn[nH]c2)c1C. The van der Waals surface area contributed by atoms with Gasteiger partial charge in [-0.25, -0.2) is 13.1 Å². The van der Waals surface area contributed by atoms with Crippen LogP contribution < -0.4 is 10.0 Å². The van der Waals surface area contributed by atoms with Crippen molar-refractivity contribution in [2.75, 3.05) is 13.6 Å². The molecule has 3 N–H and O–H groups in total. The highest BCUT2D eigenvalue weighted by Crippen LogP contribution is 2.19. The lowest BCUT2D eigenvalue weighted by atomic mass is 10.4. The van der Waals surface area contributed by atoms with Crippen LogP contribution in [0.5, 0.6) is 0 Å². The molecule has 116 valence electrons. The van der Waals surface area contributed by atoms with Gasteiger partial charge in [0.25, 0.3) is 0 Å². The van der Waals surface area contributed by atoms with E-state index in [-0.39, 0.29) is 11.4 Å². The Balaban J connectivity index is 2.21. The van der Waals surface area contributed by atoms with E-state index in [0.717, 1.165) is 12.1 Å². The van der Waals surface area contributed by atoms with Crippen LogP contribution in [0, 0.1) is 13.8 Å². The normalized spacial score (nSPS) is 12.0. The van der Waals surface area contributed by atoms with E-state index in [1.807, 2.05) is 7.05 Å². The maximum absolute atomic E-state index is 12.4. The highest BCUT2D eigenvalue weighted by atomic mass is 32.2. The Morgan fingerprint density at radius 1 is 1.38 bits per heavy atom. The number of H-pyrrole nitrogens is 1. The molecule has 0 unspecified atom stereocenters. The topological polar surface area (TPSA) is 105 Å². The number of aromatic amines is 1. The molecule has 2 aromatic heterocycles. The zero-order valence-electron chi connectivity index (χ0n) is 12.3. The van der Waals surface area contributed by atoms with E-state index in [2.05, 4.69) is 25.3 Å². The second kappa shape index (κ2) is 6.37. The van der Waals surface area contributed by atoms with E-state index in [1.54, 1.807) is 30.9 Å². The van der Waals surface area contributed by atoms with Crippen molar-refractivity contribution >= 4 is 10.0 Å². The van der Waals surface area contributed by atoms with E-state index in [1.165, 1.54) is 0 Å². The molecule has 0 spiro atoms. The molecule has 0 fully saturated rings. The average Bonchev–Trinajstić information content (AvgIpc) is 3.03. The van der Waals surface area contributed by atoms with Gasteiger partial charge in [-0.2, -0.15) is 10.2 Å². The average molecular weight is 312 g/mol. The van der Waals surface area contributed by atoms with Crippen molar-refractivity contribution in [1.82, 2.24) is 30.0 Å². The van der Waals surface area contributed by atoms with E-state index >= 15 is 0 Å². The summed E-state index contributed by atoms with van der Waals surface area (Å²) >= 11 is 0. The van der Waals surface area contributed by atoms with Crippen molar-refractivity contribution in [1.29, 1.82) is 0 Å². The summed E-state index contributed by atoms with van der Waals surface area (Å²) in [5.74, 6) is 0. The number of nitrogens with one attached hydrogen (secondary N) is 3. The van der Waals surface area contributed by atoms with Crippen LogP contribution >= 0.6 is 0 Å². The fourth-order valence-corrected chi connectivity index (χ4v) is 3.55. The lowest BCUT2D eigenvalue weighted by molar-refractivity contribution is 0.564. The second-order valence-electron chi connectivity index (χ2n) is 4.76. The van der Waals surface area contributed by atoms with Crippen molar-refractivity contribution in [2.45, 2.75) is 31.8 Å². The molecule has 0 radical (unpaired) electrons. The van der Waals surface area contributed by atoms with Gasteiger partial charge >= 0.3 is 0 Å². The lowest BCUT2D eigenvalue weighted by Crippen LogP contribution is -2.24. The van der Waals surface area contributed by atoms with Crippen LogP contribution in [-0.2, 0) is 23.1 Å². The summed E-state index contributed by atoms with van der Waals surface area (Å²) in [6.07, 6.45) is 3.23. The standard InChI is InChI=1S/C12H20N6O2S/c1-9-12(10(2)18(17-9)5-4-13-3)21(19,20)16-8-11-6-14-15-7-11/h6-7,13,16H,4-5,8H2,1-3H3,(H,14,15). The van der Waals surface area contributed by atoms with E-state index in [0.29, 0.717) is 17.9 Å². The first kappa shape index (κ1) is 15.7. The molecular weight excluding hydrogens is 292 g/mol. The molecule has 0 amide bonds. The number of sulfonamides is 1. The van der Waals surface area contributed by atoms with Gasteiger partial charge in [0.05, 0.1) is 24.1 Å². The van der Waals surface area contributed by atoms with Crippen LogP contribution in [0.15, 0.2) is 17.3 Å². The van der Waals surface area contributed by atoms with E-state index in [9.17, 15) is 8.42 Å². The molecule has 2 aromatic rings. The number of nitrogens with zero attached hydrogens (tertiary/aromatic N) is 3. The highest BCUT2D eigenvalue weighted by Gasteiger charge is 2.24. The zero-order chi connectivity index (χ0) is 15.5. The molecule has 0 aromatic carbocycles. The Kier molecular flexibility index (Phi) is 4.76. The van der Waals surface area contributed by atoms with Crippen LogP contribution in [-0.4, -0.2) is 42.0 Å². The highest BCUT2D eigenvalue weighted by molar-refractivity contribution is 7.89. The zero-order valence-corrected chi connectivity index (χ0v) is 13.2. The van der Waals surface area contributed by atoms with Gasteiger partial charge in [0.1, 0.15) is 4.90 Å². The molecule has 2 rings (SSSR count). The minimum Gasteiger partial charge on any atom is -0.318 e. The smallest absolute Gasteiger partial charge is 0.244 e. The monoisotopic (exact) mass is 312 g/mol. The fourth-order valence-electron chi connectivity index (χ4n) is 2.13. The molecular formula is C12H20N6O2S. The third kappa shape index (κ3) is 3.49. The molecule has 0 aliphatic carbocycles. The first-order valence-corrected chi connectivity index (χ1v) is 8.10. The quantitative estimate of drug-likeness (QED) is 0.663. The van der Waals surface area contributed by atoms with Gasteiger partial charge in [-0.15, -0.1) is 0 Å². The van der Waals surface area contributed by atoms with Crippen molar-refractivity contribution in [3.63, 3.8) is 0 Å². The lowest BCUT2D eigenvalue weighted by Gasteiger charge is -2.07. The van der Waals surface area contributed by atoms with Crippen LogP contribution in [0.25, 0.3) is 0 Å². The summed E-state index contributed by atoms with van der Waals surface area (Å²) in [6, 6.07) is 0. The van der Waals surface area contributed by atoms with Crippen molar-refractivity contribution in [3.05, 3.63) is 29.3 Å². The van der Waals surface area contributed by atoms with Crippen LogP contribution in [0.2, 0.25) is 0 Å². The second-order valence-corrected chi connectivity index (χ2v) is 6.46. The first-order chi connectivity index (χ1) is 9.95. The molecule has 0 aliphatic rings. The number of hydrogen-bond donors (Lipinski definition) is 3. The van der Waals surface area contributed by atoms with Crippen molar-refractivity contribution < 1.29 is 8.42 Å². The maximum Gasteiger partial charge on any atom is 0.244 e. The van der Waals surface area contributed by atoms with Crippen LogP contribution in [0.4, 0.5) is 0 Å². The van der Waals surface area contributed by atoms with Gasteiger partial charge in [-0.1, -0.05) is 0 Å². The summed E-state index contributed by atoms with van der Waals surface area (Å²) in [5.41, 5.74) is 1.92. The molecule has 0 aliphatic heterocycles. The van der Waals surface area contributed by atoms with Gasteiger partial charge in [-0.3, -0.25) is 9.78 Å². The minimum absolute atomic E-state index is 0.194. The van der Waals surface area contributed by atoms with E-state index in [4.69, 9.17) is 0 Å². The summed E-state index contributed by atoms with van der Waals surface area (Å²) in [5, 5.41) is 13.7. The Morgan fingerprint density at radius 2 is 2.14 bits per heavy atom. The number of rotatable bonds is 7. The van der Waals surface area contributed by atoms with Gasteiger partial charge in [0, 0.05) is 24.8 Å². The molecule has 0 saturated carbocycles. The number of likely N-dealkylation sites (N-methyl/N-ethyl adjacent to an activating group) is 1. The fraction of sp³-hybridized carbons (Fsp3) is 0.500. The van der Waals surface area contributed by atoms with Crippen LogP contribution in [0.3, 0.4) is 0 Å². The van der Waals surface area contributed by atoms with Gasteiger partial charge < -0.3 is 5.32 Å². The number of aromatic nitrogens is 4. The Bertz CT molecular complexity index is 690. The predicted molar refractivity (Wildman–Crippen MR) is 78.2 cm³/mol. The summed E-state index contributed by atoms with van der Waals surface area (Å²) in [7, 11) is -1.75.